The van der Waals surface area contributed by atoms with Crippen LogP contribution in [0.2, 0.25) is 0 Å². The predicted octanol–water partition coefficient (Wildman–Crippen LogP) is 2.80. The third kappa shape index (κ3) is 2.45. The van der Waals surface area contributed by atoms with Crippen molar-refractivity contribution in [1.82, 2.24) is 0 Å². The largest absolute Gasteiger partial charge is 0.480 e. The fourth-order valence-corrected chi connectivity index (χ4v) is 1.77. The standard InChI is InChI=1S/C11H11BrO2/c1-2-9(10(12)11(13)14)8-6-4-3-5-7-8/h2-7,9-10H,1H2,(H,13,14)/t9-,10-/m1/s1. The molecule has 1 rings (SSSR count). The second kappa shape index (κ2) is 4.96. The quantitative estimate of drug-likeness (QED) is 0.663. The maximum absolute atomic E-state index is 10.8. The zero-order valence-electron chi connectivity index (χ0n) is 7.56. The van der Waals surface area contributed by atoms with E-state index in [1.54, 1.807) is 6.08 Å². The van der Waals surface area contributed by atoms with Crippen LogP contribution in [0.1, 0.15) is 11.5 Å². The molecular weight excluding hydrogens is 244 g/mol. The molecule has 0 heterocycles. The molecule has 0 aliphatic heterocycles. The summed E-state index contributed by atoms with van der Waals surface area (Å²) >= 11 is 3.13. The van der Waals surface area contributed by atoms with Gasteiger partial charge in [0.25, 0.3) is 0 Å². The lowest BCUT2D eigenvalue weighted by Gasteiger charge is -2.15. The van der Waals surface area contributed by atoms with E-state index in [0.29, 0.717) is 0 Å². The minimum absolute atomic E-state index is 0.200. The molecule has 0 aromatic heterocycles. The average Bonchev–Trinajstić information content (AvgIpc) is 2.20. The van der Waals surface area contributed by atoms with Crippen LogP contribution in [0.4, 0.5) is 0 Å². The highest BCUT2D eigenvalue weighted by Crippen LogP contribution is 2.26. The van der Waals surface area contributed by atoms with E-state index in [-0.39, 0.29) is 5.92 Å². The molecule has 0 radical (unpaired) electrons. The topological polar surface area (TPSA) is 37.3 Å². The zero-order valence-corrected chi connectivity index (χ0v) is 9.15. The summed E-state index contributed by atoms with van der Waals surface area (Å²) in [7, 11) is 0. The van der Waals surface area contributed by atoms with Crippen molar-refractivity contribution in [3.8, 4) is 0 Å². The molecule has 0 aliphatic carbocycles. The van der Waals surface area contributed by atoms with Crippen LogP contribution in [0.3, 0.4) is 0 Å². The number of benzene rings is 1. The minimum Gasteiger partial charge on any atom is -0.480 e. The van der Waals surface area contributed by atoms with E-state index in [9.17, 15) is 4.79 Å². The lowest BCUT2D eigenvalue weighted by atomic mass is 9.96. The number of alkyl halides is 1. The number of allylic oxidation sites excluding steroid dienone is 1. The van der Waals surface area contributed by atoms with Crippen molar-refractivity contribution in [2.45, 2.75) is 10.7 Å². The fraction of sp³-hybridized carbons (Fsp3) is 0.182. The Kier molecular flexibility index (Phi) is 3.89. The lowest BCUT2D eigenvalue weighted by molar-refractivity contribution is -0.136. The van der Waals surface area contributed by atoms with Crippen LogP contribution in [-0.4, -0.2) is 15.9 Å². The molecule has 0 bridgehead atoms. The number of hydrogen-bond donors (Lipinski definition) is 1. The number of hydrogen-bond acceptors (Lipinski definition) is 1. The Hall–Kier alpha value is -1.09. The van der Waals surface area contributed by atoms with Crippen molar-refractivity contribution in [3.05, 3.63) is 48.6 Å². The summed E-state index contributed by atoms with van der Waals surface area (Å²) in [5, 5.41) is 8.85. The van der Waals surface area contributed by atoms with Gasteiger partial charge >= 0.3 is 5.97 Å². The molecule has 0 fully saturated rings. The molecule has 0 saturated carbocycles. The molecule has 1 aromatic rings. The van der Waals surface area contributed by atoms with Crippen LogP contribution in [0.25, 0.3) is 0 Å². The number of carboxylic acid groups (broad SMARTS) is 1. The molecule has 3 heteroatoms. The van der Waals surface area contributed by atoms with Gasteiger partial charge in [-0.05, 0) is 5.56 Å². The van der Waals surface area contributed by atoms with Gasteiger partial charge in [0.05, 0.1) is 0 Å². The van der Waals surface area contributed by atoms with Gasteiger partial charge in [-0.25, -0.2) is 0 Å². The van der Waals surface area contributed by atoms with Gasteiger partial charge in [0, 0.05) is 5.92 Å². The molecule has 1 aromatic carbocycles. The van der Waals surface area contributed by atoms with E-state index in [1.165, 1.54) is 0 Å². The predicted molar refractivity (Wildman–Crippen MR) is 59.7 cm³/mol. The Morgan fingerprint density at radius 1 is 1.43 bits per heavy atom. The summed E-state index contributed by atoms with van der Waals surface area (Å²) in [5.74, 6) is -1.08. The first-order valence-corrected chi connectivity index (χ1v) is 5.12. The summed E-state index contributed by atoms with van der Waals surface area (Å²) in [6.07, 6.45) is 1.64. The second-order valence-corrected chi connectivity index (χ2v) is 3.90. The van der Waals surface area contributed by atoms with Crippen molar-refractivity contribution in [1.29, 1.82) is 0 Å². The molecule has 14 heavy (non-hydrogen) atoms. The highest BCUT2D eigenvalue weighted by atomic mass is 79.9. The van der Waals surface area contributed by atoms with Gasteiger partial charge in [0.15, 0.2) is 0 Å². The summed E-state index contributed by atoms with van der Waals surface area (Å²) in [4.78, 5) is 10.2. The molecule has 0 aliphatic rings. The summed E-state index contributed by atoms with van der Waals surface area (Å²) in [6, 6.07) is 9.45. The molecule has 0 amide bonds. The van der Waals surface area contributed by atoms with Gasteiger partial charge in [-0.3, -0.25) is 4.79 Å². The molecule has 0 unspecified atom stereocenters. The fourth-order valence-electron chi connectivity index (χ4n) is 1.25. The highest BCUT2D eigenvalue weighted by Gasteiger charge is 2.23. The molecule has 2 atom stereocenters. The smallest absolute Gasteiger partial charge is 0.318 e. The van der Waals surface area contributed by atoms with Crippen molar-refractivity contribution < 1.29 is 9.90 Å². The van der Waals surface area contributed by atoms with Crippen LogP contribution < -0.4 is 0 Å². The SMILES string of the molecule is C=C[C@H](c1ccccc1)[C@@H](Br)C(=O)O. The highest BCUT2D eigenvalue weighted by molar-refractivity contribution is 9.10. The zero-order chi connectivity index (χ0) is 10.6. The van der Waals surface area contributed by atoms with E-state index in [1.807, 2.05) is 30.3 Å². The monoisotopic (exact) mass is 254 g/mol. The van der Waals surface area contributed by atoms with Crippen LogP contribution in [0.5, 0.6) is 0 Å². The van der Waals surface area contributed by atoms with Crippen LogP contribution in [0.15, 0.2) is 43.0 Å². The third-order valence-electron chi connectivity index (χ3n) is 1.99. The van der Waals surface area contributed by atoms with E-state index in [0.717, 1.165) is 5.56 Å². The van der Waals surface area contributed by atoms with E-state index in [2.05, 4.69) is 22.5 Å². The third-order valence-corrected chi connectivity index (χ3v) is 2.95. The molecule has 0 saturated heterocycles. The first-order chi connectivity index (χ1) is 6.66. The van der Waals surface area contributed by atoms with Gasteiger partial charge in [-0.15, -0.1) is 6.58 Å². The Balaban J connectivity index is 2.93. The number of carbonyl (C=O) groups is 1. The maximum Gasteiger partial charge on any atom is 0.318 e. The van der Waals surface area contributed by atoms with Gasteiger partial charge < -0.3 is 5.11 Å². The van der Waals surface area contributed by atoms with Crippen molar-refractivity contribution in [2.24, 2.45) is 0 Å². The Morgan fingerprint density at radius 3 is 2.43 bits per heavy atom. The Bertz CT molecular complexity index is 321. The van der Waals surface area contributed by atoms with Crippen molar-refractivity contribution in [2.75, 3.05) is 0 Å². The molecular formula is C11H11BrO2. The molecule has 74 valence electrons. The Labute approximate surface area is 91.4 Å². The summed E-state index contributed by atoms with van der Waals surface area (Å²) < 4.78 is 0. The van der Waals surface area contributed by atoms with E-state index < -0.39 is 10.8 Å². The van der Waals surface area contributed by atoms with Crippen LogP contribution in [-0.2, 0) is 4.79 Å². The van der Waals surface area contributed by atoms with Crippen molar-refractivity contribution >= 4 is 21.9 Å². The summed E-state index contributed by atoms with van der Waals surface area (Å²) in [6.45, 7) is 3.65. The van der Waals surface area contributed by atoms with Gasteiger partial charge in [0.1, 0.15) is 4.83 Å². The van der Waals surface area contributed by atoms with Crippen LogP contribution in [0, 0.1) is 0 Å². The lowest BCUT2D eigenvalue weighted by Crippen LogP contribution is -2.20. The first-order valence-electron chi connectivity index (χ1n) is 4.21. The minimum atomic E-state index is -0.876. The number of halogens is 1. The van der Waals surface area contributed by atoms with Gasteiger partial charge in [-0.1, -0.05) is 52.3 Å². The second-order valence-electron chi connectivity index (χ2n) is 2.91. The van der Waals surface area contributed by atoms with Crippen LogP contribution >= 0.6 is 15.9 Å². The van der Waals surface area contributed by atoms with Gasteiger partial charge in [0.2, 0.25) is 0 Å². The number of aliphatic carboxylic acids is 1. The van der Waals surface area contributed by atoms with E-state index >= 15 is 0 Å². The molecule has 1 N–H and O–H groups in total. The van der Waals surface area contributed by atoms with Gasteiger partial charge in [-0.2, -0.15) is 0 Å². The summed E-state index contributed by atoms with van der Waals surface area (Å²) in [5.41, 5.74) is 0.951. The average molecular weight is 255 g/mol. The van der Waals surface area contributed by atoms with Crippen molar-refractivity contribution in [3.63, 3.8) is 0 Å². The first kappa shape index (κ1) is 11.0. The van der Waals surface area contributed by atoms with E-state index in [4.69, 9.17) is 5.11 Å². The maximum atomic E-state index is 10.8. The molecule has 0 spiro atoms. The molecule has 2 nitrogen and oxygen atoms in total. The number of rotatable bonds is 4. The normalized spacial score (nSPS) is 14.4. The Morgan fingerprint density at radius 2 is 2.00 bits per heavy atom. The number of carboxylic acids is 1.